The molecule has 8 nitrogen and oxygen atoms in total. The molecule has 4 aromatic rings. The summed E-state index contributed by atoms with van der Waals surface area (Å²) in [4.78, 5) is 0. The van der Waals surface area contributed by atoms with E-state index >= 15 is 0 Å². The van der Waals surface area contributed by atoms with Crippen molar-refractivity contribution in [2.45, 2.75) is 11.8 Å². The summed E-state index contributed by atoms with van der Waals surface area (Å²) in [6, 6.07) is 15.7. The average molecular weight is 501 g/mol. The molecule has 0 fully saturated rings. The summed E-state index contributed by atoms with van der Waals surface area (Å²) >= 11 is 0. The fourth-order valence-corrected chi connectivity index (χ4v) is 5.13. The number of allylic oxidation sites excluding steroid dienone is 1. The summed E-state index contributed by atoms with van der Waals surface area (Å²) in [5, 5.41) is 72.7. The third kappa shape index (κ3) is 4.18. The Bertz CT molecular complexity index is 1540. The zero-order valence-electron chi connectivity index (χ0n) is 19.6. The van der Waals surface area contributed by atoms with Gasteiger partial charge >= 0.3 is 0 Å². The number of rotatable bonds is 4. The molecule has 1 aliphatic rings. The van der Waals surface area contributed by atoms with Crippen LogP contribution in [0.15, 0.2) is 66.7 Å². The van der Waals surface area contributed by atoms with Crippen LogP contribution < -0.4 is 4.74 Å². The van der Waals surface area contributed by atoms with Gasteiger partial charge in [-0.15, -0.1) is 0 Å². The number of fused-ring (bicyclic) bond motifs is 1. The summed E-state index contributed by atoms with van der Waals surface area (Å²) in [5.41, 5.74) is 2.96. The first kappa shape index (κ1) is 23.7. The Morgan fingerprint density at radius 1 is 0.622 bits per heavy atom. The van der Waals surface area contributed by atoms with E-state index in [1.807, 2.05) is 0 Å². The smallest absolute Gasteiger partial charge is 0.161 e. The predicted octanol–water partition coefficient (Wildman–Crippen LogP) is 5.10. The SMILES string of the molecule is COc1cc(/C=C2\c3cc(O)cc(O)c3[C@H](c3ccc(O)cc3O)[C@H]2c2cc(O)cc(O)c2)ccc1O. The third-order valence-electron chi connectivity index (χ3n) is 6.59. The number of ether oxygens (including phenoxy) is 1. The van der Waals surface area contributed by atoms with Crippen LogP contribution in [-0.2, 0) is 0 Å². The Labute approximate surface area is 211 Å². The largest absolute Gasteiger partial charge is 0.508 e. The topological polar surface area (TPSA) is 151 Å². The van der Waals surface area contributed by atoms with Gasteiger partial charge in [0.1, 0.15) is 34.5 Å². The molecule has 0 spiro atoms. The fourth-order valence-electron chi connectivity index (χ4n) is 5.13. The number of benzene rings is 4. The van der Waals surface area contributed by atoms with Gasteiger partial charge in [-0.1, -0.05) is 18.2 Å². The van der Waals surface area contributed by atoms with Crippen LogP contribution in [-0.4, -0.2) is 42.9 Å². The lowest BCUT2D eigenvalue weighted by Gasteiger charge is -2.24. The van der Waals surface area contributed by atoms with Crippen LogP contribution in [0, 0.1) is 0 Å². The standard InChI is InChI=1S/C29H24O8/c1-37-26-7-14(2-5-23(26)34)6-21-22-11-19(33)13-25(36)28(22)29(20-4-3-16(30)12-24(20)35)27(21)15-8-17(31)10-18(32)9-15/h2-13,27,29-36H,1H3/b21-6+/t27-,29+/m0/s1. The molecule has 5 rings (SSSR count). The molecule has 37 heavy (non-hydrogen) atoms. The van der Waals surface area contributed by atoms with E-state index in [1.165, 1.54) is 61.7 Å². The molecule has 188 valence electrons. The molecular weight excluding hydrogens is 476 g/mol. The summed E-state index contributed by atoms with van der Waals surface area (Å²) < 4.78 is 5.24. The average Bonchev–Trinajstić information content (AvgIpc) is 3.13. The maximum Gasteiger partial charge on any atom is 0.161 e. The highest BCUT2D eigenvalue weighted by molar-refractivity contribution is 5.93. The highest BCUT2D eigenvalue weighted by atomic mass is 16.5. The first-order chi connectivity index (χ1) is 17.7. The quantitative estimate of drug-likeness (QED) is 0.204. The second-order valence-electron chi connectivity index (χ2n) is 8.94. The molecule has 0 unspecified atom stereocenters. The summed E-state index contributed by atoms with van der Waals surface area (Å²) in [6.45, 7) is 0. The Morgan fingerprint density at radius 3 is 1.97 bits per heavy atom. The molecule has 0 saturated carbocycles. The number of hydrogen-bond donors (Lipinski definition) is 7. The van der Waals surface area contributed by atoms with Crippen LogP contribution in [0.5, 0.6) is 46.0 Å². The number of phenols is 7. The molecule has 7 N–H and O–H groups in total. The molecule has 0 aromatic heterocycles. The van der Waals surface area contributed by atoms with Gasteiger partial charge in [0.05, 0.1) is 7.11 Å². The van der Waals surface area contributed by atoms with Gasteiger partial charge in [-0.2, -0.15) is 0 Å². The Kier molecular flexibility index (Phi) is 5.72. The highest BCUT2D eigenvalue weighted by Crippen LogP contribution is 2.60. The highest BCUT2D eigenvalue weighted by Gasteiger charge is 2.42. The van der Waals surface area contributed by atoms with Crippen molar-refractivity contribution < 1.29 is 40.5 Å². The van der Waals surface area contributed by atoms with Gasteiger partial charge in [0.2, 0.25) is 0 Å². The normalized spacial score (nSPS) is 17.6. The summed E-state index contributed by atoms with van der Waals surface area (Å²) in [6.07, 6.45) is 1.78. The Morgan fingerprint density at radius 2 is 1.30 bits per heavy atom. The molecule has 0 radical (unpaired) electrons. The molecule has 0 bridgehead atoms. The van der Waals surface area contributed by atoms with Crippen molar-refractivity contribution in [3.05, 3.63) is 94.5 Å². The lowest BCUT2D eigenvalue weighted by molar-refractivity contribution is 0.373. The summed E-state index contributed by atoms with van der Waals surface area (Å²) in [7, 11) is 1.43. The van der Waals surface area contributed by atoms with E-state index in [0.717, 1.165) is 0 Å². The van der Waals surface area contributed by atoms with Crippen LogP contribution in [0.25, 0.3) is 11.6 Å². The van der Waals surface area contributed by atoms with E-state index in [0.29, 0.717) is 33.4 Å². The molecule has 1 aliphatic carbocycles. The molecule has 8 heteroatoms. The van der Waals surface area contributed by atoms with Crippen molar-refractivity contribution in [3.63, 3.8) is 0 Å². The van der Waals surface area contributed by atoms with E-state index in [9.17, 15) is 35.7 Å². The molecule has 2 atom stereocenters. The van der Waals surface area contributed by atoms with Crippen LogP contribution in [0.1, 0.15) is 39.7 Å². The maximum absolute atomic E-state index is 11.0. The first-order valence-corrected chi connectivity index (χ1v) is 11.4. The Balaban J connectivity index is 1.85. The number of hydrogen-bond acceptors (Lipinski definition) is 8. The minimum Gasteiger partial charge on any atom is -0.508 e. The van der Waals surface area contributed by atoms with Crippen molar-refractivity contribution in [1.82, 2.24) is 0 Å². The van der Waals surface area contributed by atoms with E-state index < -0.39 is 11.8 Å². The molecule has 0 amide bonds. The second kappa shape index (κ2) is 8.91. The van der Waals surface area contributed by atoms with Crippen molar-refractivity contribution in [1.29, 1.82) is 0 Å². The lowest BCUT2D eigenvalue weighted by atomic mass is 9.79. The van der Waals surface area contributed by atoms with Gasteiger partial charge in [0.25, 0.3) is 0 Å². The van der Waals surface area contributed by atoms with Crippen LogP contribution in [0.3, 0.4) is 0 Å². The monoisotopic (exact) mass is 500 g/mol. The van der Waals surface area contributed by atoms with E-state index in [1.54, 1.807) is 18.2 Å². The third-order valence-corrected chi connectivity index (χ3v) is 6.59. The fraction of sp³-hybridized carbons (Fsp3) is 0.103. The number of aromatic hydroxyl groups is 7. The number of phenolic OH excluding ortho intramolecular Hbond substituents is 7. The van der Waals surface area contributed by atoms with Crippen molar-refractivity contribution in [2.24, 2.45) is 0 Å². The Hall–Kier alpha value is -4.98. The van der Waals surface area contributed by atoms with Crippen molar-refractivity contribution >= 4 is 11.6 Å². The van der Waals surface area contributed by atoms with Gasteiger partial charge in [-0.25, -0.2) is 0 Å². The van der Waals surface area contributed by atoms with Gasteiger partial charge in [-0.05, 0) is 58.7 Å². The van der Waals surface area contributed by atoms with Gasteiger partial charge < -0.3 is 40.5 Å². The van der Waals surface area contributed by atoms with Crippen molar-refractivity contribution in [2.75, 3.05) is 7.11 Å². The van der Waals surface area contributed by atoms with Gasteiger partial charge in [-0.3, -0.25) is 0 Å². The van der Waals surface area contributed by atoms with E-state index in [4.69, 9.17) is 4.74 Å². The zero-order chi connectivity index (χ0) is 26.4. The lowest BCUT2D eigenvalue weighted by Crippen LogP contribution is -2.08. The molecule has 0 saturated heterocycles. The van der Waals surface area contributed by atoms with Crippen LogP contribution >= 0.6 is 0 Å². The molecule has 0 heterocycles. The molecule has 0 aliphatic heterocycles. The number of methoxy groups -OCH3 is 1. The van der Waals surface area contributed by atoms with Crippen LogP contribution in [0.2, 0.25) is 0 Å². The van der Waals surface area contributed by atoms with Crippen molar-refractivity contribution in [3.8, 4) is 46.0 Å². The summed E-state index contributed by atoms with van der Waals surface area (Å²) in [5.74, 6) is -2.34. The molecule has 4 aromatic carbocycles. The first-order valence-electron chi connectivity index (χ1n) is 11.4. The minimum atomic E-state index is -0.734. The maximum atomic E-state index is 11.0. The van der Waals surface area contributed by atoms with E-state index in [-0.39, 0.29) is 46.0 Å². The van der Waals surface area contributed by atoms with Gasteiger partial charge in [0.15, 0.2) is 11.5 Å². The predicted molar refractivity (Wildman–Crippen MR) is 136 cm³/mol. The second-order valence-corrected chi connectivity index (χ2v) is 8.94. The van der Waals surface area contributed by atoms with Crippen LogP contribution in [0.4, 0.5) is 0 Å². The zero-order valence-corrected chi connectivity index (χ0v) is 19.6. The minimum absolute atomic E-state index is 0.0480. The van der Waals surface area contributed by atoms with Gasteiger partial charge in [0, 0.05) is 41.2 Å². The van der Waals surface area contributed by atoms with E-state index in [2.05, 4.69) is 0 Å². The molecular formula is C29H24O8.